The molecule has 2 heterocycles. The zero-order valence-electron chi connectivity index (χ0n) is 15.1. The first kappa shape index (κ1) is 19.4. The Morgan fingerprint density at radius 2 is 1.96 bits per heavy atom. The number of hydrogen-bond acceptors (Lipinski definition) is 7. The third-order valence-electron chi connectivity index (χ3n) is 3.73. The van der Waals surface area contributed by atoms with E-state index in [2.05, 4.69) is 10.3 Å². The van der Waals surface area contributed by atoms with E-state index >= 15 is 0 Å². The van der Waals surface area contributed by atoms with Crippen LogP contribution in [-0.4, -0.2) is 65.1 Å². The average molecular weight is 365 g/mol. The van der Waals surface area contributed by atoms with Gasteiger partial charge >= 0.3 is 11.8 Å². The van der Waals surface area contributed by atoms with Crippen molar-refractivity contribution in [3.8, 4) is 0 Å². The highest BCUT2D eigenvalue weighted by atomic mass is 16.6. The zero-order valence-corrected chi connectivity index (χ0v) is 15.1. The van der Waals surface area contributed by atoms with Gasteiger partial charge in [0.1, 0.15) is 24.0 Å². The van der Waals surface area contributed by atoms with E-state index in [1.807, 2.05) is 4.90 Å². The number of ether oxygens (including phenoxy) is 1. The number of nitrogens with one attached hydrogen (secondary N) is 1. The highest BCUT2D eigenvalue weighted by Gasteiger charge is 2.26. The molecular formula is C16H23N5O5. The van der Waals surface area contributed by atoms with Crippen LogP contribution in [0.25, 0.3) is 0 Å². The number of pyridine rings is 1. The van der Waals surface area contributed by atoms with E-state index in [9.17, 15) is 19.7 Å². The Bertz CT molecular complexity index is 680. The lowest BCUT2D eigenvalue weighted by atomic mass is 10.2. The Balaban J connectivity index is 1.86. The SMILES string of the molecule is CC(C)(C)OC(=O)NCC(=O)N1CCN(c2ccncc2[N+](=O)[O-])CC1. The van der Waals surface area contributed by atoms with E-state index in [1.165, 1.54) is 12.4 Å². The molecule has 1 aliphatic rings. The van der Waals surface area contributed by atoms with E-state index in [0.29, 0.717) is 31.9 Å². The second-order valence-corrected chi connectivity index (χ2v) is 6.84. The fourth-order valence-corrected chi connectivity index (χ4v) is 2.56. The molecule has 10 heteroatoms. The standard InChI is InChI=1S/C16H23N5O5/c1-16(2,3)26-15(23)18-11-14(22)20-8-6-19(7-9-20)12-4-5-17-10-13(12)21(24)25/h4-5,10H,6-9,11H2,1-3H3,(H,18,23). The fourth-order valence-electron chi connectivity index (χ4n) is 2.56. The Morgan fingerprint density at radius 1 is 1.31 bits per heavy atom. The maximum Gasteiger partial charge on any atom is 0.408 e. The highest BCUT2D eigenvalue weighted by molar-refractivity contribution is 5.82. The average Bonchev–Trinajstić information content (AvgIpc) is 2.58. The van der Waals surface area contributed by atoms with Crippen LogP contribution in [-0.2, 0) is 9.53 Å². The third kappa shape index (κ3) is 5.30. The van der Waals surface area contributed by atoms with E-state index < -0.39 is 16.6 Å². The van der Waals surface area contributed by atoms with Crippen LogP contribution in [0.2, 0.25) is 0 Å². The molecule has 1 fully saturated rings. The molecule has 2 amide bonds. The van der Waals surface area contributed by atoms with Crippen molar-refractivity contribution in [2.45, 2.75) is 26.4 Å². The summed E-state index contributed by atoms with van der Waals surface area (Å²) in [5.74, 6) is -0.222. The van der Waals surface area contributed by atoms with Gasteiger partial charge in [-0.3, -0.25) is 19.9 Å². The number of aromatic nitrogens is 1. The predicted molar refractivity (Wildman–Crippen MR) is 93.9 cm³/mol. The molecule has 2 rings (SSSR count). The number of amides is 2. The van der Waals surface area contributed by atoms with E-state index in [-0.39, 0.29) is 18.1 Å². The molecule has 10 nitrogen and oxygen atoms in total. The van der Waals surface area contributed by atoms with Crippen molar-refractivity contribution in [1.82, 2.24) is 15.2 Å². The number of alkyl carbamates (subject to hydrolysis) is 1. The molecule has 1 N–H and O–H groups in total. The van der Waals surface area contributed by atoms with Gasteiger partial charge < -0.3 is 19.9 Å². The lowest BCUT2D eigenvalue weighted by Crippen LogP contribution is -2.51. The largest absolute Gasteiger partial charge is 0.444 e. The number of hydrogen-bond donors (Lipinski definition) is 1. The minimum absolute atomic E-state index is 0.0566. The molecule has 142 valence electrons. The highest BCUT2D eigenvalue weighted by Crippen LogP contribution is 2.27. The molecule has 1 aromatic rings. The normalized spacial score (nSPS) is 14.7. The summed E-state index contributed by atoms with van der Waals surface area (Å²) in [5.41, 5.74) is -0.194. The van der Waals surface area contributed by atoms with Gasteiger partial charge in [-0.1, -0.05) is 0 Å². The molecule has 0 aromatic carbocycles. The molecule has 0 saturated carbocycles. The Kier molecular flexibility index (Phi) is 5.96. The smallest absolute Gasteiger partial charge is 0.408 e. The van der Waals surface area contributed by atoms with Crippen molar-refractivity contribution in [3.05, 3.63) is 28.6 Å². The number of anilines is 1. The van der Waals surface area contributed by atoms with E-state index in [0.717, 1.165) is 0 Å². The molecule has 0 radical (unpaired) electrons. The van der Waals surface area contributed by atoms with Crippen molar-refractivity contribution in [3.63, 3.8) is 0 Å². The summed E-state index contributed by atoms with van der Waals surface area (Å²) in [6.07, 6.45) is 2.08. The minimum atomic E-state index is -0.642. The molecule has 0 unspecified atom stereocenters. The van der Waals surface area contributed by atoms with Gasteiger partial charge in [0.15, 0.2) is 0 Å². The van der Waals surface area contributed by atoms with Gasteiger partial charge in [-0.05, 0) is 26.8 Å². The summed E-state index contributed by atoms with van der Waals surface area (Å²) in [6.45, 7) is 6.82. The lowest BCUT2D eigenvalue weighted by molar-refractivity contribution is -0.384. The molecule has 1 aliphatic heterocycles. The maximum atomic E-state index is 12.2. The van der Waals surface area contributed by atoms with Gasteiger partial charge in [0.25, 0.3) is 0 Å². The fraction of sp³-hybridized carbons (Fsp3) is 0.562. The molecule has 0 aliphatic carbocycles. The van der Waals surface area contributed by atoms with E-state index in [1.54, 1.807) is 31.7 Å². The van der Waals surface area contributed by atoms with Gasteiger partial charge in [0.05, 0.1) is 4.92 Å². The number of piperazine rings is 1. The maximum absolute atomic E-state index is 12.2. The van der Waals surface area contributed by atoms with Crippen molar-refractivity contribution in [2.24, 2.45) is 0 Å². The first-order valence-electron chi connectivity index (χ1n) is 8.25. The summed E-state index contributed by atoms with van der Waals surface area (Å²) in [6, 6.07) is 1.60. The van der Waals surface area contributed by atoms with E-state index in [4.69, 9.17) is 4.74 Å². The molecule has 1 saturated heterocycles. The quantitative estimate of drug-likeness (QED) is 0.628. The van der Waals surface area contributed by atoms with Crippen molar-refractivity contribution < 1.29 is 19.2 Å². The van der Waals surface area contributed by atoms with Gasteiger partial charge in [-0.25, -0.2) is 4.79 Å². The zero-order chi connectivity index (χ0) is 19.3. The Labute approximate surface area is 151 Å². The second kappa shape index (κ2) is 7.98. The summed E-state index contributed by atoms with van der Waals surface area (Å²) in [7, 11) is 0. The van der Waals surface area contributed by atoms with Crippen molar-refractivity contribution >= 4 is 23.4 Å². The van der Waals surface area contributed by atoms with Crippen molar-refractivity contribution in [2.75, 3.05) is 37.6 Å². The van der Waals surface area contributed by atoms with Crippen molar-refractivity contribution in [1.29, 1.82) is 0 Å². The number of carbonyl (C=O) groups excluding carboxylic acids is 2. The van der Waals surface area contributed by atoms with Gasteiger partial charge in [0.2, 0.25) is 5.91 Å². The predicted octanol–water partition coefficient (Wildman–Crippen LogP) is 1.16. The molecule has 1 aromatic heterocycles. The van der Waals surface area contributed by atoms with Crippen LogP contribution < -0.4 is 10.2 Å². The number of carbonyl (C=O) groups is 2. The third-order valence-corrected chi connectivity index (χ3v) is 3.73. The first-order valence-corrected chi connectivity index (χ1v) is 8.25. The summed E-state index contributed by atoms with van der Waals surface area (Å²) in [4.78, 5) is 41.7. The van der Waals surface area contributed by atoms with Gasteiger partial charge in [0, 0.05) is 32.4 Å². The van der Waals surface area contributed by atoms with Crippen LogP contribution >= 0.6 is 0 Å². The van der Waals surface area contributed by atoms with Crippen LogP contribution in [0.1, 0.15) is 20.8 Å². The molecule has 0 atom stereocenters. The minimum Gasteiger partial charge on any atom is -0.444 e. The van der Waals surface area contributed by atoms with Gasteiger partial charge in [-0.15, -0.1) is 0 Å². The number of rotatable bonds is 4. The molecule has 26 heavy (non-hydrogen) atoms. The first-order chi connectivity index (χ1) is 12.2. The van der Waals surface area contributed by atoms with Gasteiger partial charge in [-0.2, -0.15) is 0 Å². The van der Waals surface area contributed by atoms with Crippen LogP contribution in [0, 0.1) is 10.1 Å². The number of nitro groups is 1. The molecule has 0 bridgehead atoms. The summed E-state index contributed by atoms with van der Waals surface area (Å²) < 4.78 is 5.09. The van der Waals surface area contributed by atoms with Crippen LogP contribution in [0.3, 0.4) is 0 Å². The Hall–Kier alpha value is -2.91. The summed E-state index contributed by atoms with van der Waals surface area (Å²) in [5, 5.41) is 13.5. The van der Waals surface area contributed by atoms with Crippen LogP contribution in [0.4, 0.5) is 16.2 Å². The summed E-state index contributed by atoms with van der Waals surface area (Å²) >= 11 is 0. The lowest BCUT2D eigenvalue weighted by Gasteiger charge is -2.35. The van der Waals surface area contributed by atoms with Crippen LogP contribution in [0.5, 0.6) is 0 Å². The van der Waals surface area contributed by atoms with Crippen LogP contribution in [0.15, 0.2) is 18.5 Å². The second-order valence-electron chi connectivity index (χ2n) is 6.84. The Morgan fingerprint density at radius 3 is 2.54 bits per heavy atom. The monoisotopic (exact) mass is 365 g/mol. The number of nitrogens with zero attached hydrogens (tertiary/aromatic N) is 4. The molecular weight excluding hydrogens is 342 g/mol. The molecule has 0 spiro atoms. The topological polar surface area (TPSA) is 118 Å².